The summed E-state index contributed by atoms with van der Waals surface area (Å²) in [5.74, 6) is -0.211. The molecule has 1 saturated carbocycles. The van der Waals surface area contributed by atoms with E-state index >= 15 is 0 Å². The Bertz CT molecular complexity index is 846. The van der Waals surface area contributed by atoms with Crippen molar-refractivity contribution in [2.24, 2.45) is 5.92 Å². The number of carboxylic acids is 1. The van der Waals surface area contributed by atoms with E-state index in [4.69, 9.17) is 5.11 Å². The van der Waals surface area contributed by atoms with Crippen LogP contribution in [0.2, 0.25) is 0 Å². The van der Waals surface area contributed by atoms with Crippen LogP contribution in [0.5, 0.6) is 0 Å². The van der Waals surface area contributed by atoms with Crippen molar-refractivity contribution in [2.75, 3.05) is 58.3 Å². The molecule has 2 fully saturated rings. The van der Waals surface area contributed by atoms with Gasteiger partial charge in [-0.05, 0) is 88.2 Å². The highest BCUT2D eigenvalue weighted by atomic mass is 35.5. The number of nitrogens with zero attached hydrogens (tertiary/aromatic N) is 4. The Morgan fingerprint density at radius 3 is 2.34 bits per heavy atom. The van der Waals surface area contributed by atoms with Gasteiger partial charge in [0.25, 0.3) is 0 Å². The van der Waals surface area contributed by atoms with Crippen molar-refractivity contribution >= 4 is 42.5 Å². The predicted molar refractivity (Wildman–Crippen MR) is 145 cm³/mol. The topological polar surface area (TPSA) is 67.3 Å². The first-order chi connectivity index (χ1) is 15.9. The van der Waals surface area contributed by atoms with Gasteiger partial charge in [0, 0.05) is 57.4 Å². The molecule has 0 atom stereocenters. The smallest absolute Gasteiger partial charge is 0.324 e. The van der Waals surface area contributed by atoms with Gasteiger partial charge >= 0.3 is 12.0 Å². The second-order valence-electron chi connectivity index (χ2n) is 10.3. The van der Waals surface area contributed by atoms with Crippen LogP contribution >= 0.6 is 24.8 Å². The summed E-state index contributed by atoms with van der Waals surface area (Å²) in [5.41, 5.74) is 3.86. The third kappa shape index (κ3) is 7.72. The van der Waals surface area contributed by atoms with Gasteiger partial charge in [0.05, 0.1) is 0 Å². The van der Waals surface area contributed by atoms with Crippen molar-refractivity contribution in [3.05, 3.63) is 29.3 Å². The maximum absolute atomic E-state index is 13.3. The Kier molecular flexibility index (Phi) is 11.6. The minimum Gasteiger partial charge on any atom is -0.481 e. The number of hydrogen-bond acceptors (Lipinski definition) is 4. The van der Waals surface area contributed by atoms with Crippen molar-refractivity contribution in [1.29, 1.82) is 0 Å². The average Bonchev–Trinajstić information content (AvgIpc) is 3.06. The number of fused-ring (bicyclic) bond motifs is 1. The maximum Gasteiger partial charge on any atom is 0.324 e. The fourth-order valence-electron chi connectivity index (χ4n) is 5.70. The zero-order valence-electron chi connectivity index (χ0n) is 21.2. The van der Waals surface area contributed by atoms with Crippen molar-refractivity contribution in [1.82, 2.24) is 14.7 Å². The van der Waals surface area contributed by atoms with Gasteiger partial charge < -0.3 is 19.8 Å². The SMILES string of the molecule is CN(C)CCN1CCc2ccc(N3CCN(C4CCC(CCC(=O)O)CC4)C3=O)cc2CC1.Cl.Cl. The molecular weight excluding hydrogens is 487 g/mol. The number of carbonyl (C=O) groups excluding carboxylic acids is 1. The Hall–Kier alpha value is -1.54. The van der Waals surface area contributed by atoms with Gasteiger partial charge in [0.15, 0.2) is 0 Å². The van der Waals surface area contributed by atoms with E-state index in [0.717, 1.165) is 89.9 Å². The summed E-state index contributed by atoms with van der Waals surface area (Å²) in [6.07, 6.45) is 7.21. The van der Waals surface area contributed by atoms with Crippen LogP contribution in [0.3, 0.4) is 0 Å². The Labute approximate surface area is 222 Å². The first-order valence-corrected chi connectivity index (χ1v) is 12.7. The van der Waals surface area contributed by atoms with Gasteiger partial charge in [-0.15, -0.1) is 24.8 Å². The Morgan fingerprint density at radius 1 is 1.00 bits per heavy atom. The molecule has 1 N–H and O–H groups in total. The fraction of sp³-hybridized carbons (Fsp3) is 0.692. The molecule has 1 saturated heterocycles. The summed E-state index contributed by atoms with van der Waals surface area (Å²) >= 11 is 0. The standard InChI is InChI=1S/C26H40N4O3.2ClH/c1-27(2)15-16-28-13-11-21-6-9-24(19-22(21)12-14-28)30-18-17-29(26(30)33)23-7-3-20(4-8-23)5-10-25(31)32;;/h6,9,19-20,23H,3-5,7-8,10-18H2,1-2H3,(H,31,32);2*1H. The molecule has 2 aliphatic heterocycles. The van der Waals surface area contributed by atoms with E-state index in [1.807, 2.05) is 4.90 Å². The summed E-state index contributed by atoms with van der Waals surface area (Å²) in [5, 5.41) is 8.92. The van der Waals surface area contributed by atoms with Gasteiger partial charge in [-0.1, -0.05) is 6.07 Å². The number of carboxylic acid groups (broad SMARTS) is 1. The molecule has 0 radical (unpaired) electrons. The summed E-state index contributed by atoms with van der Waals surface area (Å²) in [6.45, 7) is 5.92. The van der Waals surface area contributed by atoms with Gasteiger partial charge in [0.1, 0.15) is 0 Å². The molecular formula is C26H42Cl2N4O3. The number of hydrogen-bond donors (Lipinski definition) is 1. The van der Waals surface area contributed by atoms with Gasteiger partial charge in [-0.3, -0.25) is 9.69 Å². The van der Waals surface area contributed by atoms with E-state index in [-0.39, 0.29) is 37.3 Å². The lowest BCUT2D eigenvalue weighted by Gasteiger charge is -2.34. The zero-order valence-corrected chi connectivity index (χ0v) is 22.8. The average molecular weight is 530 g/mol. The van der Waals surface area contributed by atoms with Gasteiger partial charge in [-0.25, -0.2) is 4.79 Å². The molecule has 9 heteroatoms. The molecule has 1 aromatic rings. The van der Waals surface area contributed by atoms with Crippen LogP contribution in [0.25, 0.3) is 0 Å². The molecule has 0 unspecified atom stereocenters. The molecule has 2 heterocycles. The monoisotopic (exact) mass is 528 g/mol. The summed E-state index contributed by atoms with van der Waals surface area (Å²) in [4.78, 5) is 33.0. The molecule has 2 amide bonds. The van der Waals surface area contributed by atoms with Crippen LogP contribution in [-0.4, -0.2) is 91.2 Å². The van der Waals surface area contributed by atoms with E-state index < -0.39 is 5.97 Å². The third-order valence-electron chi connectivity index (χ3n) is 7.82. The minimum atomic E-state index is -0.704. The second-order valence-corrected chi connectivity index (χ2v) is 10.3. The van der Waals surface area contributed by atoms with E-state index in [0.29, 0.717) is 12.0 Å². The predicted octanol–water partition coefficient (Wildman–Crippen LogP) is 4.16. The number of urea groups is 1. The highest BCUT2D eigenvalue weighted by molar-refractivity contribution is 5.94. The van der Waals surface area contributed by atoms with Crippen molar-refractivity contribution in [3.8, 4) is 0 Å². The Balaban J connectivity index is 0.00000216. The molecule has 198 valence electrons. The summed E-state index contributed by atoms with van der Waals surface area (Å²) in [7, 11) is 4.25. The lowest BCUT2D eigenvalue weighted by molar-refractivity contribution is -0.137. The van der Waals surface area contributed by atoms with E-state index in [1.54, 1.807) is 0 Å². The number of amides is 2. The summed E-state index contributed by atoms with van der Waals surface area (Å²) in [6, 6.07) is 7.08. The number of halogens is 2. The maximum atomic E-state index is 13.3. The number of likely N-dealkylation sites (N-methyl/N-ethyl adjacent to an activating group) is 1. The van der Waals surface area contributed by atoms with E-state index in [2.05, 4.69) is 47.0 Å². The van der Waals surface area contributed by atoms with E-state index in [9.17, 15) is 9.59 Å². The first-order valence-electron chi connectivity index (χ1n) is 12.7. The molecule has 0 spiro atoms. The number of aliphatic carboxylic acids is 1. The van der Waals surface area contributed by atoms with Gasteiger partial charge in [-0.2, -0.15) is 0 Å². The van der Waals surface area contributed by atoms with Crippen LogP contribution in [0.15, 0.2) is 18.2 Å². The van der Waals surface area contributed by atoms with E-state index in [1.165, 1.54) is 11.1 Å². The molecule has 35 heavy (non-hydrogen) atoms. The van der Waals surface area contributed by atoms with Crippen LogP contribution < -0.4 is 4.90 Å². The molecule has 0 bridgehead atoms. The van der Waals surface area contributed by atoms with Crippen molar-refractivity contribution in [2.45, 2.75) is 57.4 Å². The number of anilines is 1. The lowest BCUT2D eigenvalue weighted by atomic mass is 9.83. The highest BCUT2D eigenvalue weighted by Crippen LogP contribution is 2.33. The zero-order chi connectivity index (χ0) is 23.4. The van der Waals surface area contributed by atoms with Gasteiger partial charge in [0.2, 0.25) is 0 Å². The largest absolute Gasteiger partial charge is 0.481 e. The van der Waals surface area contributed by atoms with Crippen molar-refractivity contribution in [3.63, 3.8) is 0 Å². The fourth-order valence-corrected chi connectivity index (χ4v) is 5.70. The minimum absolute atomic E-state index is 0. The quantitative estimate of drug-likeness (QED) is 0.548. The number of benzene rings is 1. The number of rotatable bonds is 8. The first kappa shape index (κ1) is 29.7. The van der Waals surface area contributed by atoms with Crippen LogP contribution in [-0.2, 0) is 17.6 Å². The third-order valence-corrected chi connectivity index (χ3v) is 7.82. The Morgan fingerprint density at radius 2 is 1.69 bits per heavy atom. The highest BCUT2D eigenvalue weighted by Gasteiger charge is 2.36. The van der Waals surface area contributed by atoms with Crippen molar-refractivity contribution < 1.29 is 14.7 Å². The lowest BCUT2D eigenvalue weighted by Crippen LogP contribution is -2.41. The number of carbonyl (C=O) groups is 2. The molecule has 4 rings (SSSR count). The van der Waals surface area contributed by atoms with Crippen LogP contribution in [0.1, 0.15) is 49.7 Å². The van der Waals surface area contributed by atoms with Crippen LogP contribution in [0, 0.1) is 5.92 Å². The molecule has 0 aromatic heterocycles. The molecule has 7 nitrogen and oxygen atoms in total. The van der Waals surface area contributed by atoms with Crippen LogP contribution in [0.4, 0.5) is 10.5 Å². The molecule has 1 aromatic carbocycles. The summed E-state index contributed by atoms with van der Waals surface area (Å²) < 4.78 is 0. The molecule has 1 aliphatic carbocycles. The normalized spacial score (nSPS) is 22.9. The molecule has 3 aliphatic rings. The second kappa shape index (κ2) is 13.7.